The number of amides is 1. The van der Waals surface area contributed by atoms with Crippen LogP contribution in [0.3, 0.4) is 0 Å². The Morgan fingerprint density at radius 1 is 1.29 bits per heavy atom. The van der Waals surface area contributed by atoms with E-state index >= 15 is 0 Å². The normalized spacial score (nSPS) is 16.2. The van der Waals surface area contributed by atoms with Crippen molar-refractivity contribution in [1.29, 1.82) is 0 Å². The Hall–Kier alpha value is -1.06. The average Bonchev–Trinajstić information content (AvgIpc) is 2.78. The summed E-state index contributed by atoms with van der Waals surface area (Å²) in [4.78, 5) is 25.4. The Morgan fingerprint density at radius 3 is 2.35 bits per heavy atom. The van der Waals surface area contributed by atoms with Crippen molar-refractivity contribution < 1.29 is 14.3 Å². The molecule has 1 aliphatic rings. The molecule has 0 spiro atoms. The molecule has 0 bridgehead atoms. The highest BCUT2D eigenvalue weighted by Gasteiger charge is 2.29. The van der Waals surface area contributed by atoms with Crippen LogP contribution >= 0.6 is 0 Å². The molecular formula is C13H23NO3. The number of hydrogen-bond acceptors (Lipinski definition) is 3. The van der Waals surface area contributed by atoms with Crippen LogP contribution in [0.4, 0.5) is 0 Å². The van der Waals surface area contributed by atoms with Crippen LogP contribution in [0.2, 0.25) is 0 Å². The molecule has 98 valence electrons. The van der Waals surface area contributed by atoms with Crippen molar-refractivity contribution in [2.24, 2.45) is 5.92 Å². The molecule has 0 atom stereocenters. The largest absolute Gasteiger partial charge is 0.465 e. The first kappa shape index (κ1) is 14.0. The van der Waals surface area contributed by atoms with E-state index in [1.54, 1.807) is 11.8 Å². The van der Waals surface area contributed by atoms with Crippen molar-refractivity contribution in [2.45, 2.75) is 52.5 Å². The lowest BCUT2D eigenvalue weighted by molar-refractivity contribution is -0.151. The van der Waals surface area contributed by atoms with Crippen LogP contribution in [0.5, 0.6) is 0 Å². The van der Waals surface area contributed by atoms with Crippen molar-refractivity contribution in [3.05, 3.63) is 0 Å². The SMILES string of the molecule is CCOC(=O)CN(C(=O)C1CCCC1)C(C)C. The van der Waals surface area contributed by atoms with E-state index in [1.807, 2.05) is 13.8 Å². The summed E-state index contributed by atoms with van der Waals surface area (Å²) in [6, 6.07) is 0.0486. The maximum absolute atomic E-state index is 12.2. The summed E-state index contributed by atoms with van der Waals surface area (Å²) in [5.74, 6) is -0.0788. The molecule has 0 aromatic rings. The first-order valence-electron chi connectivity index (χ1n) is 6.52. The van der Waals surface area contributed by atoms with Crippen LogP contribution in [0.25, 0.3) is 0 Å². The molecule has 1 aliphatic carbocycles. The lowest BCUT2D eigenvalue weighted by Gasteiger charge is -2.28. The second-order valence-corrected chi connectivity index (χ2v) is 4.85. The van der Waals surface area contributed by atoms with Crippen molar-refractivity contribution in [1.82, 2.24) is 4.90 Å². The summed E-state index contributed by atoms with van der Waals surface area (Å²) in [6.07, 6.45) is 4.18. The second-order valence-electron chi connectivity index (χ2n) is 4.85. The zero-order valence-electron chi connectivity index (χ0n) is 11.1. The Morgan fingerprint density at radius 2 is 1.88 bits per heavy atom. The van der Waals surface area contributed by atoms with Gasteiger partial charge in [0.25, 0.3) is 0 Å². The standard InChI is InChI=1S/C13H23NO3/c1-4-17-12(15)9-14(10(2)3)13(16)11-7-5-6-8-11/h10-11H,4-9H2,1-3H3. The van der Waals surface area contributed by atoms with Crippen LogP contribution in [0.15, 0.2) is 0 Å². The highest BCUT2D eigenvalue weighted by Crippen LogP contribution is 2.27. The second kappa shape index (κ2) is 6.62. The molecule has 0 saturated heterocycles. The van der Waals surface area contributed by atoms with Gasteiger partial charge in [-0.05, 0) is 33.6 Å². The molecule has 0 heterocycles. The predicted molar refractivity (Wildman–Crippen MR) is 65.4 cm³/mol. The fourth-order valence-electron chi connectivity index (χ4n) is 2.27. The van der Waals surface area contributed by atoms with Gasteiger partial charge in [0.1, 0.15) is 6.54 Å². The number of ether oxygens (including phenoxy) is 1. The van der Waals surface area contributed by atoms with Gasteiger partial charge in [0.15, 0.2) is 0 Å². The van der Waals surface area contributed by atoms with Gasteiger partial charge in [0.2, 0.25) is 5.91 Å². The third-order valence-corrected chi connectivity index (χ3v) is 3.22. The summed E-state index contributed by atoms with van der Waals surface area (Å²) in [5, 5.41) is 0. The number of carbonyl (C=O) groups excluding carboxylic acids is 2. The Kier molecular flexibility index (Phi) is 5.45. The summed E-state index contributed by atoms with van der Waals surface area (Å²) >= 11 is 0. The van der Waals surface area contributed by atoms with E-state index in [-0.39, 0.29) is 30.4 Å². The quantitative estimate of drug-likeness (QED) is 0.691. The van der Waals surface area contributed by atoms with Crippen LogP contribution in [-0.4, -0.2) is 36.0 Å². The van der Waals surface area contributed by atoms with E-state index in [1.165, 1.54) is 0 Å². The predicted octanol–water partition coefficient (Wildman–Crippen LogP) is 1.98. The smallest absolute Gasteiger partial charge is 0.325 e. The van der Waals surface area contributed by atoms with Gasteiger partial charge in [-0.15, -0.1) is 0 Å². The Bertz CT molecular complexity index is 270. The number of hydrogen-bond donors (Lipinski definition) is 0. The minimum absolute atomic E-state index is 0.0486. The summed E-state index contributed by atoms with van der Waals surface area (Å²) in [6.45, 7) is 6.10. The highest BCUT2D eigenvalue weighted by molar-refractivity contribution is 5.84. The molecular weight excluding hydrogens is 218 g/mol. The maximum atomic E-state index is 12.2. The number of carbonyl (C=O) groups is 2. The number of rotatable bonds is 5. The van der Waals surface area contributed by atoms with Gasteiger partial charge in [0.05, 0.1) is 6.61 Å². The van der Waals surface area contributed by atoms with E-state index in [0.717, 1.165) is 25.7 Å². The summed E-state index contributed by atoms with van der Waals surface area (Å²) < 4.78 is 4.90. The molecule has 1 saturated carbocycles. The van der Waals surface area contributed by atoms with Gasteiger partial charge in [-0.3, -0.25) is 9.59 Å². The highest BCUT2D eigenvalue weighted by atomic mass is 16.5. The summed E-state index contributed by atoms with van der Waals surface area (Å²) in [7, 11) is 0. The molecule has 1 amide bonds. The molecule has 0 aromatic carbocycles. The van der Waals surface area contributed by atoms with Crippen molar-refractivity contribution >= 4 is 11.9 Å². The zero-order valence-corrected chi connectivity index (χ0v) is 11.1. The Labute approximate surface area is 103 Å². The average molecular weight is 241 g/mol. The minimum Gasteiger partial charge on any atom is -0.465 e. The lowest BCUT2D eigenvalue weighted by atomic mass is 10.1. The molecule has 0 unspecified atom stereocenters. The lowest BCUT2D eigenvalue weighted by Crippen LogP contribution is -2.43. The van der Waals surface area contributed by atoms with Gasteiger partial charge < -0.3 is 9.64 Å². The van der Waals surface area contributed by atoms with E-state index in [9.17, 15) is 9.59 Å². The van der Waals surface area contributed by atoms with Crippen molar-refractivity contribution in [2.75, 3.05) is 13.2 Å². The van der Waals surface area contributed by atoms with E-state index in [4.69, 9.17) is 4.74 Å². The molecule has 17 heavy (non-hydrogen) atoms. The third kappa shape index (κ3) is 4.02. The minimum atomic E-state index is -0.312. The Balaban J connectivity index is 2.58. The molecule has 4 nitrogen and oxygen atoms in total. The van der Waals surface area contributed by atoms with Crippen LogP contribution in [0.1, 0.15) is 46.5 Å². The molecule has 1 fully saturated rings. The van der Waals surface area contributed by atoms with Gasteiger partial charge in [-0.1, -0.05) is 12.8 Å². The zero-order chi connectivity index (χ0) is 12.8. The topological polar surface area (TPSA) is 46.6 Å². The van der Waals surface area contributed by atoms with Gasteiger partial charge >= 0.3 is 5.97 Å². The fraction of sp³-hybridized carbons (Fsp3) is 0.846. The molecule has 0 aliphatic heterocycles. The molecule has 0 radical (unpaired) electrons. The van der Waals surface area contributed by atoms with Crippen LogP contribution in [-0.2, 0) is 14.3 Å². The molecule has 1 rings (SSSR count). The number of esters is 1. The molecule has 0 N–H and O–H groups in total. The van der Waals surface area contributed by atoms with Gasteiger partial charge in [-0.25, -0.2) is 0 Å². The van der Waals surface area contributed by atoms with Crippen LogP contribution in [0, 0.1) is 5.92 Å². The fourth-order valence-corrected chi connectivity index (χ4v) is 2.27. The van der Waals surface area contributed by atoms with Crippen molar-refractivity contribution in [3.8, 4) is 0 Å². The number of nitrogens with zero attached hydrogens (tertiary/aromatic N) is 1. The first-order chi connectivity index (χ1) is 8.06. The van der Waals surface area contributed by atoms with Gasteiger partial charge in [0, 0.05) is 12.0 Å². The molecule has 4 heteroatoms. The first-order valence-corrected chi connectivity index (χ1v) is 6.52. The van der Waals surface area contributed by atoms with Crippen molar-refractivity contribution in [3.63, 3.8) is 0 Å². The van der Waals surface area contributed by atoms with E-state index in [0.29, 0.717) is 6.61 Å². The third-order valence-electron chi connectivity index (χ3n) is 3.22. The summed E-state index contributed by atoms with van der Waals surface area (Å²) in [5.41, 5.74) is 0. The maximum Gasteiger partial charge on any atom is 0.325 e. The van der Waals surface area contributed by atoms with Crippen LogP contribution < -0.4 is 0 Å². The monoisotopic (exact) mass is 241 g/mol. The van der Waals surface area contributed by atoms with Gasteiger partial charge in [-0.2, -0.15) is 0 Å². The molecule has 0 aromatic heterocycles. The van der Waals surface area contributed by atoms with E-state index in [2.05, 4.69) is 0 Å². The van der Waals surface area contributed by atoms with E-state index < -0.39 is 0 Å².